The van der Waals surface area contributed by atoms with Gasteiger partial charge in [0.25, 0.3) is 0 Å². The highest BCUT2D eigenvalue weighted by molar-refractivity contribution is 6.28. The minimum Gasteiger partial charge on any atom is -0.354 e. The van der Waals surface area contributed by atoms with Crippen LogP contribution in [0.25, 0.3) is 179 Å². The first kappa shape index (κ1) is 71.6. The molecule has 4 N–H and O–H groups in total. The molecule has 16 bridgehead atoms. The van der Waals surface area contributed by atoms with Gasteiger partial charge in [0.05, 0.1) is 89.3 Å². The van der Waals surface area contributed by atoms with Crippen molar-refractivity contribution in [1.29, 1.82) is 0 Å². The average Bonchev–Trinajstić information content (AvgIpc) is 1.55. The highest BCUT2D eigenvalue weighted by atomic mass is 19.2. The van der Waals surface area contributed by atoms with E-state index in [2.05, 4.69) is 39.9 Å². The molecule has 562 valence electrons. The molecule has 15 aromatic rings. The molecule has 0 radical (unpaired) electrons. The van der Waals surface area contributed by atoms with Gasteiger partial charge in [-0.3, -0.25) is 0 Å². The van der Waals surface area contributed by atoms with E-state index in [1.807, 2.05) is 0 Å². The first-order valence-corrected chi connectivity index (χ1v) is 30.9. The van der Waals surface area contributed by atoms with Crippen molar-refractivity contribution in [3.63, 3.8) is 0 Å². The number of nitrogens with zero attached hydrogens (tertiary/aromatic N) is 4. The smallest absolute Gasteiger partial charge is 0.200 e. The second-order valence-electron chi connectivity index (χ2n) is 24.7. The van der Waals surface area contributed by atoms with Crippen LogP contribution < -0.4 is 0 Å². The summed E-state index contributed by atoms with van der Waals surface area (Å²) in [6.07, 6.45) is 2.06. The van der Waals surface area contributed by atoms with Gasteiger partial charge in [-0.2, -0.15) is 0 Å². The summed E-state index contributed by atoms with van der Waals surface area (Å²) in [5.41, 5.74) is -39.0. The summed E-state index contributed by atoms with van der Waals surface area (Å²) in [6, 6.07) is 4.35. The molecule has 0 atom stereocenters. The summed E-state index contributed by atoms with van der Waals surface area (Å²) in [6.45, 7) is 0. The third kappa shape index (κ3) is 9.66. The Balaban J connectivity index is 1.21. The van der Waals surface area contributed by atoms with Crippen LogP contribution in [0.15, 0.2) is 48.5 Å². The lowest BCUT2D eigenvalue weighted by atomic mass is 10.0. The third-order valence-corrected chi connectivity index (χ3v) is 18.8. The first-order chi connectivity index (χ1) is 53.1. The van der Waals surface area contributed by atoms with Crippen molar-refractivity contribution in [3.05, 3.63) is 246 Å². The molecular formula is C74H16F30N8. The number of H-pyrrole nitrogens is 4. The van der Waals surface area contributed by atoms with E-state index in [4.69, 9.17) is 0 Å². The Bertz CT molecular complexity index is 6670. The summed E-state index contributed by atoms with van der Waals surface area (Å²) >= 11 is 0. The fourth-order valence-corrected chi connectivity index (χ4v) is 13.9. The SMILES string of the molecule is Fc1c(F)c(F)c(-c2c3nc(c(-c4c(F)c(F)c(F)c(F)c4F)c4cc5c6cc7[nH]c6c6nc(cc6c6cc(nc6c5[nH]4)c(-c4c(F)c(F)c(F)c(F)c4F)c4ccc2[nH]4)c(-c2c(F)c(F)c(F)c(F)c2F)c2ccc([nH]2)c(-c2c(F)c(F)c(F)c(F)c2F)c2nc(c7-c4c(F)c(F)c(F)c(F)c4F)C=C2)C=C3)c(F)c1F. The van der Waals surface area contributed by atoms with Gasteiger partial charge in [0.2, 0.25) is 34.9 Å². The maximum atomic E-state index is 17.0. The van der Waals surface area contributed by atoms with E-state index >= 15 is 123 Å². The van der Waals surface area contributed by atoms with Gasteiger partial charge < -0.3 is 19.9 Å². The molecule has 112 heavy (non-hydrogen) atoms. The molecule has 0 aliphatic carbocycles. The minimum absolute atomic E-state index is 0.516. The molecule has 8 aromatic heterocycles. The molecule has 0 saturated heterocycles. The van der Waals surface area contributed by atoms with Gasteiger partial charge in [-0.05, 0) is 72.8 Å². The van der Waals surface area contributed by atoms with E-state index in [0.29, 0.717) is 72.8 Å². The van der Waals surface area contributed by atoms with Crippen LogP contribution in [-0.2, 0) is 0 Å². The minimum atomic E-state index is -2.88. The standard InChI is InChI=1S/C74H16F30N8/c75-41-35(42(76)54(88)65(99)53(41)87)29-17-1-5-21(105-17)31(37-45(79)57(91)67(101)58(92)46(37)80)25-9-13-14-10-27-33(39-49(83)61(95)69(103)62(96)50(39)84)23-7-3-19(107-23)30(36-43(77)55(89)66(100)56(90)44(36)78)20-4-8-24(108-20)34(40-51(85)63(97)70(104)64(98)52(40)86)28-12-16(74(112-28)73(14)111-27)15-11-26(110-72(15)71(13)109-25)32(22-6-2-18(29)106-22)38-47(81)59(93)68(102)60(94)48(38)82/h1-12,105,107,110,112H. The molecule has 2 aliphatic heterocycles. The molecule has 8 nitrogen and oxygen atoms in total. The largest absolute Gasteiger partial charge is 0.354 e. The molecule has 10 heterocycles. The zero-order chi connectivity index (χ0) is 79.9. The molecule has 0 fully saturated rings. The molecule has 0 amide bonds. The maximum Gasteiger partial charge on any atom is 0.200 e. The number of nitrogens with one attached hydrogen (secondary N) is 4. The molecular weight excluding hydrogens is 1570 g/mol. The van der Waals surface area contributed by atoms with E-state index < -0.39 is 352 Å². The Morgan fingerprint density at radius 2 is 0.357 bits per heavy atom. The summed E-state index contributed by atoms with van der Waals surface area (Å²) < 4.78 is 483. The summed E-state index contributed by atoms with van der Waals surface area (Å²) in [5, 5.41) is -3.56. The number of halogens is 30. The van der Waals surface area contributed by atoms with Crippen LogP contribution in [0.5, 0.6) is 0 Å². The van der Waals surface area contributed by atoms with E-state index in [9.17, 15) is 8.78 Å². The highest BCUT2D eigenvalue weighted by Gasteiger charge is 2.39. The number of hydrogen-bond donors (Lipinski definition) is 4. The second-order valence-corrected chi connectivity index (χ2v) is 24.7. The van der Waals surface area contributed by atoms with Gasteiger partial charge in [-0.15, -0.1) is 0 Å². The van der Waals surface area contributed by atoms with Crippen LogP contribution in [0.1, 0.15) is 22.8 Å². The number of benzene rings is 6. The highest BCUT2D eigenvalue weighted by Crippen LogP contribution is 2.50. The zero-order valence-electron chi connectivity index (χ0n) is 53.1. The van der Waals surface area contributed by atoms with Gasteiger partial charge in [-0.1, -0.05) is 0 Å². The van der Waals surface area contributed by atoms with Crippen LogP contribution in [-0.4, -0.2) is 39.9 Å². The molecule has 7 aromatic carbocycles. The van der Waals surface area contributed by atoms with Crippen LogP contribution in [0.3, 0.4) is 0 Å². The lowest BCUT2D eigenvalue weighted by Crippen LogP contribution is -2.05. The number of fused-ring (bicyclic) bond motifs is 14. The number of aromatic amines is 4. The molecule has 0 unspecified atom stereocenters. The average molecular weight is 1590 g/mol. The molecule has 38 heteroatoms. The fraction of sp³-hybridized carbons (Fsp3) is 0. The van der Waals surface area contributed by atoms with E-state index in [-0.39, 0.29) is 0 Å². The second kappa shape index (κ2) is 24.6. The topological polar surface area (TPSA) is 115 Å². The molecule has 0 saturated carbocycles. The molecule has 0 spiro atoms. The number of rotatable bonds is 6. The van der Waals surface area contributed by atoms with Gasteiger partial charge in [-0.25, -0.2) is 152 Å². The predicted molar refractivity (Wildman–Crippen MR) is 340 cm³/mol. The Morgan fingerprint density at radius 1 is 0.170 bits per heavy atom. The molecule has 2 aliphatic rings. The summed E-state index contributed by atoms with van der Waals surface area (Å²) in [7, 11) is 0. The van der Waals surface area contributed by atoms with Gasteiger partial charge in [0, 0.05) is 88.0 Å². The third-order valence-electron chi connectivity index (χ3n) is 18.8. The van der Waals surface area contributed by atoms with Gasteiger partial charge >= 0.3 is 0 Å². The normalized spacial score (nSPS) is 12.5. The van der Waals surface area contributed by atoms with Crippen molar-refractivity contribution in [2.45, 2.75) is 0 Å². The fourth-order valence-electron chi connectivity index (χ4n) is 13.9. The summed E-state index contributed by atoms with van der Waals surface area (Å²) in [4.78, 5) is 26.7. The predicted octanol–water partition coefficient (Wildman–Crippen LogP) is 23.2. The first-order valence-electron chi connectivity index (χ1n) is 30.9. The van der Waals surface area contributed by atoms with Gasteiger partial charge in [0.15, 0.2) is 140 Å². The van der Waals surface area contributed by atoms with Crippen molar-refractivity contribution in [2.24, 2.45) is 0 Å². The Hall–Kier alpha value is -13.3. The quantitative estimate of drug-likeness (QED) is 0.0754. The van der Waals surface area contributed by atoms with E-state index in [1.165, 1.54) is 0 Å². The Kier molecular flexibility index (Phi) is 15.7. The lowest BCUT2D eigenvalue weighted by Gasteiger charge is -2.11. The Morgan fingerprint density at radius 3 is 0.580 bits per heavy atom. The number of aromatic nitrogens is 8. The lowest BCUT2D eigenvalue weighted by molar-refractivity contribution is 0.381. The van der Waals surface area contributed by atoms with Crippen molar-refractivity contribution in [1.82, 2.24) is 39.9 Å². The van der Waals surface area contributed by atoms with Crippen LogP contribution >= 0.6 is 0 Å². The van der Waals surface area contributed by atoms with E-state index in [1.54, 1.807) is 0 Å². The van der Waals surface area contributed by atoms with Crippen LogP contribution in [0, 0.1) is 175 Å². The number of hydrogen-bond acceptors (Lipinski definition) is 4. The summed E-state index contributed by atoms with van der Waals surface area (Å²) in [5.74, 6) is -83.9. The monoisotopic (exact) mass is 1590 g/mol. The van der Waals surface area contributed by atoms with Crippen molar-refractivity contribution in [3.8, 4) is 66.8 Å². The van der Waals surface area contributed by atoms with Gasteiger partial charge in [0.1, 0.15) is 0 Å². The van der Waals surface area contributed by atoms with Crippen LogP contribution in [0.4, 0.5) is 132 Å². The van der Waals surface area contributed by atoms with Crippen molar-refractivity contribution in [2.75, 3.05) is 0 Å². The molecule has 17 rings (SSSR count). The van der Waals surface area contributed by atoms with Crippen molar-refractivity contribution >= 4 is 112 Å². The van der Waals surface area contributed by atoms with Crippen LogP contribution in [0.2, 0.25) is 0 Å². The van der Waals surface area contributed by atoms with E-state index in [0.717, 1.165) is 0 Å². The zero-order valence-corrected chi connectivity index (χ0v) is 53.1. The van der Waals surface area contributed by atoms with Crippen molar-refractivity contribution < 1.29 is 132 Å². The Labute approximate surface area is 594 Å². The maximum absolute atomic E-state index is 17.0.